The van der Waals surface area contributed by atoms with E-state index in [2.05, 4.69) is 26.1 Å². The first kappa shape index (κ1) is 9.52. The summed E-state index contributed by atoms with van der Waals surface area (Å²) in [6.07, 6.45) is 0. The highest BCUT2D eigenvalue weighted by Crippen LogP contribution is 2.41. The van der Waals surface area contributed by atoms with Crippen LogP contribution in [0.2, 0.25) is 0 Å². The number of nitrogens with zero attached hydrogens (tertiary/aromatic N) is 1. The van der Waals surface area contributed by atoms with E-state index in [1.807, 2.05) is 13.1 Å². The molecule has 0 saturated carbocycles. The van der Waals surface area contributed by atoms with E-state index in [1.165, 1.54) is 9.75 Å². The summed E-state index contributed by atoms with van der Waals surface area (Å²) < 4.78 is 0. The lowest BCUT2D eigenvalue weighted by Crippen LogP contribution is -2.48. The Balaban J connectivity index is 2.59. The molecule has 0 aromatic carbocycles. The van der Waals surface area contributed by atoms with Crippen molar-refractivity contribution in [3.8, 4) is 0 Å². The fraction of sp³-hybridized carbons (Fsp3) is 0.500. The molecular formula is C10H14N2OS. The second-order valence-corrected chi connectivity index (χ2v) is 5.40. The summed E-state index contributed by atoms with van der Waals surface area (Å²) in [4.78, 5) is 15.8. The van der Waals surface area contributed by atoms with Crippen LogP contribution in [0.15, 0.2) is 6.07 Å². The lowest BCUT2D eigenvalue weighted by atomic mass is 9.98. The van der Waals surface area contributed by atoms with Crippen molar-refractivity contribution in [3.63, 3.8) is 0 Å². The SMILES string of the molecule is Cc1cc2c(s1)C(C)(C)N(C)C(=O)N2. The van der Waals surface area contributed by atoms with Gasteiger partial charge in [0.1, 0.15) is 0 Å². The Bertz CT molecular complexity index is 395. The lowest BCUT2D eigenvalue weighted by molar-refractivity contribution is 0.166. The summed E-state index contributed by atoms with van der Waals surface area (Å²) >= 11 is 1.75. The van der Waals surface area contributed by atoms with E-state index in [4.69, 9.17) is 0 Å². The first-order valence-electron chi connectivity index (χ1n) is 4.58. The van der Waals surface area contributed by atoms with Crippen molar-refractivity contribution in [1.82, 2.24) is 4.90 Å². The highest BCUT2D eigenvalue weighted by Gasteiger charge is 2.37. The van der Waals surface area contributed by atoms with Crippen molar-refractivity contribution >= 4 is 23.1 Å². The van der Waals surface area contributed by atoms with Gasteiger partial charge in [-0.1, -0.05) is 0 Å². The molecule has 2 rings (SSSR count). The van der Waals surface area contributed by atoms with Gasteiger partial charge in [0.15, 0.2) is 0 Å². The zero-order chi connectivity index (χ0) is 10.5. The van der Waals surface area contributed by atoms with Crippen LogP contribution in [0.25, 0.3) is 0 Å². The van der Waals surface area contributed by atoms with Crippen LogP contribution in [0.3, 0.4) is 0 Å². The van der Waals surface area contributed by atoms with E-state index in [-0.39, 0.29) is 11.6 Å². The molecule has 2 amide bonds. The van der Waals surface area contributed by atoms with Gasteiger partial charge in [0.2, 0.25) is 0 Å². The Morgan fingerprint density at radius 3 is 2.79 bits per heavy atom. The Kier molecular flexibility index (Phi) is 1.86. The van der Waals surface area contributed by atoms with Crippen LogP contribution in [-0.2, 0) is 5.54 Å². The molecule has 1 aliphatic rings. The maximum atomic E-state index is 11.6. The molecule has 0 saturated heterocycles. The van der Waals surface area contributed by atoms with Crippen molar-refractivity contribution in [2.75, 3.05) is 12.4 Å². The number of amides is 2. The number of hydrogen-bond acceptors (Lipinski definition) is 2. The van der Waals surface area contributed by atoms with Gasteiger partial charge in [0.05, 0.1) is 16.1 Å². The number of aryl methyl sites for hydroxylation is 1. The number of carbonyl (C=O) groups is 1. The summed E-state index contributed by atoms with van der Waals surface area (Å²) in [5, 5.41) is 2.88. The molecule has 3 nitrogen and oxygen atoms in total. The van der Waals surface area contributed by atoms with Gasteiger partial charge in [0.25, 0.3) is 0 Å². The number of fused-ring (bicyclic) bond motifs is 1. The van der Waals surface area contributed by atoms with Crippen molar-refractivity contribution in [2.24, 2.45) is 0 Å². The molecule has 0 atom stereocenters. The molecule has 1 aromatic heterocycles. The van der Waals surface area contributed by atoms with Gasteiger partial charge in [-0.25, -0.2) is 4.79 Å². The molecule has 0 unspecified atom stereocenters. The summed E-state index contributed by atoms with van der Waals surface area (Å²) in [6.45, 7) is 6.20. The van der Waals surface area contributed by atoms with Gasteiger partial charge < -0.3 is 10.2 Å². The first-order chi connectivity index (χ1) is 6.43. The number of thiophene rings is 1. The molecule has 2 heterocycles. The van der Waals surface area contributed by atoms with E-state index < -0.39 is 0 Å². The van der Waals surface area contributed by atoms with Crippen molar-refractivity contribution in [3.05, 3.63) is 15.8 Å². The van der Waals surface area contributed by atoms with Gasteiger partial charge in [-0.05, 0) is 26.8 Å². The van der Waals surface area contributed by atoms with Crippen molar-refractivity contribution < 1.29 is 4.79 Å². The molecule has 0 bridgehead atoms. The highest BCUT2D eigenvalue weighted by molar-refractivity contribution is 7.12. The second-order valence-electron chi connectivity index (χ2n) is 4.15. The minimum Gasteiger partial charge on any atom is -0.318 e. The van der Waals surface area contributed by atoms with Crippen LogP contribution in [0.4, 0.5) is 10.5 Å². The zero-order valence-corrected chi connectivity index (χ0v) is 9.66. The van der Waals surface area contributed by atoms with E-state index >= 15 is 0 Å². The number of urea groups is 1. The summed E-state index contributed by atoms with van der Waals surface area (Å²) in [5.74, 6) is 0. The fourth-order valence-electron chi connectivity index (χ4n) is 1.67. The molecule has 14 heavy (non-hydrogen) atoms. The number of rotatable bonds is 0. The molecule has 76 valence electrons. The van der Waals surface area contributed by atoms with Gasteiger partial charge >= 0.3 is 6.03 Å². The molecular weight excluding hydrogens is 196 g/mol. The fourth-order valence-corrected chi connectivity index (χ4v) is 2.77. The van der Waals surface area contributed by atoms with Crippen LogP contribution < -0.4 is 5.32 Å². The molecule has 0 radical (unpaired) electrons. The van der Waals surface area contributed by atoms with Gasteiger partial charge in [-0.15, -0.1) is 11.3 Å². The van der Waals surface area contributed by atoms with Crippen LogP contribution in [0.5, 0.6) is 0 Å². The van der Waals surface area contributed by atoms with Gasteiger partial charge in [-0.2, -0.15) is 0 Å². The van der Waals surface area contributed by atoms with E-state index in [9.17, 15) is 4.79 Å². The lowest BCUT2D eigenvalue weighted by Gasteiger charge is -2.39. The maximum Gasteiger partial charge on any atom is 0.322 e. The standard InChI is InChI=1S/C10H14N2OS/c1-6-5-7-8(14-6)10(2,3)12(4)9(13)11-7/h5H,1-4H3,(H,11,13). The largest absolute Gasteiger partial charge is 0.322 e. The van der Waals surface area contributed by atoms with E-state index in [0.717, 1.165) is 5.69 Å². The normalized spacial score (nSPS) is 19.1. The van der Waals surface area contributed by atoms with E-state index in [0.29, 0.717) is 0 Å². The van der Waals surface area contributed by atoms with Gasteiger partial charge in [-0.3, -0.25) is 0 Å². The Morgan fingerprint density at radius 1 is 1.50 bits per heavy atom. The number of carbonyl (C=O) groups excluding carboxylic acids is 1. The predicted octanol–water partition coefficient (Wildman–Crippen LogP) is 2.77. The molecule has 1 aromatic rings. The second kappa shape index (κ2) is 2.73. The van der Waals surface area contributed by atoms with Crippen molar-refractivity contribution in [2.45, 2.75) is 26.3 Å². The smallest absolute Gasteiger partial charge is 0.318 e. The number of anilines is 1. The maximum absolute atomic E-state index is 11.6. The van der Waals surface area contributed by atoms with E-state index in [1.54, 1.807) is 16.2 Å². The highest BCUT2D eigenvalue weighted by atomic mass is 32.1. The molecule has 1 N–H and O–H groups in total. The first-order valence-corrected chi connectivity index (χ1v) is 5.40. The van der Waals surface area contributed by atoms with Crippen LogP contribution in [0, 0.1) is 6.92 Å². The Hall–Kier alpha value is -1.03. The Labute approximate surface area is 87.7 Å². The average molecular weight is 210 g/mol. The molecule has 0 spiro atoms. The monoisotopic (exact) mass is 210 g/mol. The molecule has 0 fully saturated rings. The molecule has 0 aliphatic carbocycles. The average Bonchev–Trinajstić information content (AvgIpc) is 2.44. The third-order valence-corrected chi connectivity index (χ3v) is 4.16. The quantitative estimate of drug-likeness (QED) is 0.701. The number of nitrogens with one attached hydrogen (secondary N) is 1. The van der Waals surface area contributed by atoms with Gasteiger partial charge in [0, 0.05) is 11.9 Å². The number of hydrogen-bond donors (Lipinski definition) is 1. The molecule has 1 aliphatic heterocycles. The summed E-state index contributed by atoms with van der Waals surface area (Å²) in [7, 11) is 1.83. The van der Waals surface area contributed by atoms with Crippen LogP contribution in [-0.4, -0.2) is 18.0 Å². The topological polar surface area (TPSA) is 32.3 Å². The Morgan fingerprint density at radius 2 is 2.14 bits per heavy atom. The zero-order valence-electron chi connectivity index (χ0n) is 8.84. The molecule has 4 heteroatoms. The minimum absolute atomic E-state index is 0.0275. The van der Waals surface area contributed by atoms with Crippen LogP contribution >= 0.6 is 11.3 Å². The summed E-state index contributed by atoms with van der Waals surface area (Å²) in [6, 6.07) is 2.01. The third-order valence-electron chi connectivity index (χ3n) is 2.80. The predicted molar refractivity (Wildman–Crippen MR) is 58.9 cm³/mol. The third kappa shape index (κ3) is 1.14. The summed E-state index contributed by atoms with van der Waals surface area (Å²) in [5.41, 5.74) is 0.775. The van der Waals surface area contributed by atoms with Crippen molar-refractivity contribution in [1.29, 1.82) is 0 Å². The van der Waals surface area contributed by atoms with Crippen LogP contribution in [0.1, 0.15) is 23.6 Å². The minimum atomic E-state index is -0.198.